The lowest BCUT2D eigenvalue weighted by atomic mass is 10.0. The van der Waals surface area contributed by atoms with Gasteiger partial charge >= 0.3 is 0 Å². The molecule has 66 valence electrons. The second-order valence-corrected chi connectivity index (χ2v) is 2.85. The predicted molar refractivity (Wildman–Crippen MR) is 48.4 cm³/mol. The van der Waals surface area contributed by atoms with Crippen molar-refractivity contribution in [3.63, 3.8) is 0 Å². The zero-order chi connectivity index (χ0) is 9.14. The van der Waals surface area contributed by atoms with Crippen molar-refractivity contribution in [1.82, 2.24) is 0 Å². The lowest BCUT2D eigenvalue weighted by Gasteiger charge is -2.11. The minimum atomic E-state index is -0.430. The van der Waals surface area contributed by atoms with E-state index in [9.17, 15) is 5.11 Å². The van der Waals surface area contributed by atoms with Gasteiger partial charge < -0.3 is 9.84 Å². The largest absolute Gasteiger partial charge is 0.496 e. The Balaban J connectivity index is 3.14. The van der Waals surface area contributed by atoms with Gasteiger partial charge in [-0.15, -0.1) is 0 Å². The third kappa shape index (κ3) is 1.59. The topological polar surface area (TPSA) is 29.5 Å². The van der Waals surface area contributed by atoms with Crippen LogP contribution in [-0.4, -0.2) is 12.2 Å². The van der Waals surface area contributed by atoms with Crippen LogP contribution in [0.15, 0.2) is 18.2 Å². The molecule has 0 heterocycles. The van der Waals surface area contributed by atoms with Gasteiger partial charge in [-0.3, -0.25) is 0 Å². The summed E-state index contributed by atoms with van der Waals surface area (Å²) < 4.78 is 5.12. The first-order valence-electron chi connectivity index (χ1n) is 3.98. The molecule has 0 aliphatic rings. The highest BCUT2D eigenvalue weighted by Gasteiger charge is 2.07. The number of hydrogen-bond donors (Lipinski definition) is 1. The Morgan fingerprint density at radius 3 is 2.58 bits per heavy atom. The maximum absolute atomic E-state index is 9.37. The lowest BCUT2D eigenvalue weighted by molar-refractivity contribution is 0.198. The molecular formula is C10H14O2. The van der Waals surface area contributed by atoms with Crippen molar-refractivity contribution in [3.05, 3.63) is 29.3 Å². The molecule has 0 saturated carbocycles. The highest BCUT2D eigenvalue weighted by atomic mass is 16.5. The fourth-order valence-electron chi connectivity index (χ4n) is 1.31. The van der Waals surface area contributed by atoms with Crippen LogP contribution in [-0.2, 0) is 0 Å². The second-order valence-electron chi connectivity index (χ2n) is 2.85. The summed E-state index contributed by atoms with van der Waals surface area (Å²) in [7, 11) is 1.63. The summed E-state index contributed by atoms with van der Waals surface area (Å²) in [6, 6.07) is 5.68. The van der Waals surface area contributed by atoms with E-state index in [1.165, 1.54) is 0 Å². The van der Waals surface area contributed by atoms with E-state index < -0.39 is 6.10 Å². The summed E-state index contributed by atoms with van der Waals surface area (Å²) >= 11 is 0. The van der Waals surface area contributed by atoms with E-state index >= 15 is 0 Å². The molecule has 1 aromatic rings. The van der Waals surface area contributed by atoms with Crippen molar-refractivity contribution in [3.8, 4) is 5.75 Å². The molecule has 1 N–H and O–H groups in total. The van der Waals surface area contributed by atoms with Crippen molar-refractivity contribution in [2.75, 3.05) is 7.11 Å². The Morgan fingerprint density at radius 1 is 1.42 bits per heavy atom. The van der Waals surface area contributed by atoms with Gasteiger partial charge in [0.1, 0.15) is 5.75 Å². The minimum Gasteiger partial charge on any atom is -0.496 e. The zero-order valence-corrected chi connectivity index (χ0v) is 7.66. The molecule has 0 unspecified atom stereocenters. The number of aliphatic hydroxyl groups excluding tert-OH is 1. The second kappa shape index (κ2) is 3.59. The number of benzene rings is 1. The Hall–Kier alpha value is -1.02. The van der Waals surface area contributed by atoms with Crippen molar-refractivity contribution < 1.29 is 9.84 Å². The molecule has 1 rings (SSSR count). The normalized spacial score (nSPS) is 12.7. The van der Waals surface area contributed by atoms with Gasteiger partial charge in [-0.1, -0.05) is 12.1 Å². The van der Waals surface area contributed by atoms with Crippen LogP contribution >= 0.6 is 0 Å². The van der Waals surface area contributed by atoms with Gasteiger partial charge in [0.25, 0.3) is 0 Å². The van der Waals surface area contributed by atoms with Crippen LogP contribution in [0.4, 0.5) is 0 Å². The maximum atomic E-state index is 9.37. The van der Waals surface area contributed by atoms with Gasteiger partial charge in [0, 0.05) is 0 Å². The number of aliphatic hydroxyl groups is 1. The average molecular weight is 166 g/mol. The molecule has 0 spiro atoms. The Kier molecular flexibility index (Phi) is 2.71. The predicted octanol–water partition coefficient (Wildman–Crippen LogP) is 2.06. The minimum absolute atomic E-state index is 0.430. The third-order valence-corrected chi connectivity index (χ3v) is 2.00. The average Bonchev–Trinajstić information content (AvgIpc) is 2.04. The highest BCUT2D eigenvalue weighted by molar-refractivity contribution is 5.39. The zero-order valence-electron chi connectivity index (χ0n) is 7.66. The van der Waals surface area contributed by atoms with Crippen LogP contribution in [0.2, 0.25) is 0 Å². The van der Waals surface area contributed by atoms with Crippen LogP contribution in [0.1, 0.15) is 24.2 Å². The maximum Gasteiger partial charge on any atom is 0.122 e. The smallest absolute Gasteiger partial charge is 0.122 e. The fraction of sp³-hybridized carbons (Fsp3) is 0.400. The molecule has 0 radical (unpaired) electrons. The fourth-order valence-corrected chi connectivity index (χ4v) is 1.31. The number of ether oxygens (including phenoxy) is 1. The van der Waals surface area contributed by atoms with Crippen LogP contribution in [0, 0.1) is 6.92 Å². The van der Waals surface area contributed by atoms with Gasteiger partial charge in [-0.25, -0.2) is 0 Å². The molecule has 2 nitrogen and oxygen atoms in total. The molecule has 0 fully saturated rings. The first-order valence-corrected chi connectivity index (χ1v) is 3.98. The van der Waals surface area contributed by atoms with E-state index in [0.717, 1.165) is 16.9 Å². The first kappa shape index (κ1) is 9.07. The summed E-state index contributed by atoms with van der Waals surface area (Å²) in [5.74, 6) is 0.827. The standard InChI is InChI=1S/C10H14O2/c1-7-9(8(2)11)5-4-6-10(7)12-3/h4-6,8,11H,1-3H3/t8-/m0/s1. The lowest BCUT2D eigenvalue weighted by Crippen LogP contribution is -1.97. The van der Waals surface area contributed by atoms with E-state index in [1.54, 1.807) is 14.0 Å². The Morgan fingerprint density at radius 2 is 2.08 bits per heavy atom. The van der Waals surface area contributed by atoms with E-state index in [1.807, 2.05) is 25.1 Å². The molecule has 0 aliphatic heterocycles. The van der Waals surface area contributed by atoms with Crippen LogP contribution in [0.3, 0.4) is 0 Å². The monoisotopic (exact) mass is 166 g/mol. The van der Waals surface area contributed by atoms with Gasteiger partial charge in [0.2, 0.25) is 0 Å². The van der Waals surface area contributed by atoms with E-state index in [-0.39, 0.29) is 0 Å². The Labute approximate surface area is 72.8 Å². The van der Waals surface area contributed by atoms with Gasteiger partial charge in [-0.2, -0.15) is 0 Å². The summed E-state index contributed by atoms with van der Waals surface area (Å²) in [4.78, 5) is 0. The molecule has 1 aromatic carbocycles. The van der Waals surface area contributed by atoms with Crippen molar-refractivity contribution >= 4 is 0 Å². The molecule has 0 amide bonds. The molecule has 0 bridgehead atoms. The quantitative estimate of drug-likeness (QED) is 0.728. The van der Waals surface area contributed by atoms with Crippen LogP contribution < -0.4 is 4.74 Å². The molecule has 0 aliphatic carbocycles. The molecule has 0 aromatic heterocycles. The summed E-state index contributed by atoms with van der Waals surface area (Å²) in [5.41, 5.74) is 1.93. The molecular weight excluding hydrogens is 152 g/mol. The highest BCUT2D eigenvalue weighted by Crippen LogP contribution is 2.25. The molecule has 0 saturated heterocycles. The van der Waals surface area contributed by atoms with Crippen LogP contribution in [0.25, 0.3) is 0 Å². The summed E-state index contributed by atoms with van der Waals surface area (Å²) in [6.07, 6.45) is -0.430. The summed E-state index contributed by atoms with van der Waals surface area (Å²) in [6.45, 7) is 3.70. The van der Waals surface area contributed by atoms with E-state index in [0.29, 0.717) is 0 Å². The molecule has 2 heteroatoms. The SMILES string of the molecule is COc1cccc([C@H](C)O)c1C. The molecule has 12 heavy (non-hydrogen) atoms. The van der Waals surface area contributed by atoms with Crippen molar-refractivity contribution in [1.29, 1.82) is 0 Å². The van der Waals surface area contributed by atoms with E-state index in [4.69, 9.17) is 4.74 Å². The number of methoxy groups -OCH3 is 1. The third-order valence-electron chi connectivity index (χ3n) is 2.00. The summed E-state index contributed by atoms with van der Waals surface area (Å²) in [5, 5.41) is 9.37. The number of hydrogen-bond acceptors (Lipinski definition) is 2. The van der Waals surface area contributed by atoms with Gasteiger partial charge in [0.05, 0.1) is 13.2 Å². The van der Waals surface area contributed by atoms with Crippen molar-refractivity contribution in [2.45, 2.75) is 20.0 Å². The first-order chi connectivity index (χ1) is 5.66. The number of rotatable bonds is 2. The molecule has 1 atom stereocenters. The van der Waals surface area contributed by atoms with E-state index in [2.05, 4.69) is 0 Å². The van der Waals surface area contributed by atoms with Crippen molar-refractivity contribution in [2.24, 2.45) is 0 Å². The Bertz CT molecular complexity index is 267. The van der Waals surface area contributed by atoms with Crippen LogP contribution in [0.5, 0.6) is 5.75 Å². The van der Waals surface area contributed by atoms with Gasteiger partial charge in [0.15, 0.2) is 0 Å². The van der Waals surface area contributed by atoms with Gasteiger partial charge in [-0.05, 0) is 31.0 Å².